The Kier molecular flexibility index (Phi) is 7.65. The van der Waals surface area contributed by atoms with Crippen molar-refractivity contribution in [2.45, 2.75) is 84.5 Å². The summed E-state index contributed by atoms with van der Waals surface area (Å²) in [6.45, 7) is 9.05. The molecule has 0 nitrogen and oxygen atoms in total. The van der Waals surface area contributed by atoms with Gasteiger partial charge in [-0.2, -0.15) is 0 Å². The Morgan fingerprint density at radius 1 is 0.514 bits per heavy atom. The summed E-state index contributed by atoms with van der Waals surface area (Å²) in [5.74, 6) is 0. The summed E-state index contributed by atoms with van der Waals surface area (Å²) in [6.07, 6.45) is 9.91. The van der Waals surface area contributed by atoms with Crippen molar-refractivity contribution in [2.24, 2.45) is 0 Å². The van der Waals surface area contributed by atoms with Crippen molar-refractivity contribution in [1.29, 1.82) is 0 Å². The van der Waals surface area contributed by atoms with E-state index in [0.717, 1.165) is 12.8 Å². The molecule has 5 rings (SSSR count). The summed E-state index contributed by atoms with van der Waals surface area (Å²) < 4.78 is 0. The molecule has 0 aromatic heterocycles. The highest BCUT2D eigenvalue weighted by Gasteiger charge is 2.46. The fraction of sp³-hybridized carbons (Fsp3) is 0.351. The SMILES string of the molecule is CCCCCc1cccc(C2(c3cccc(CCCCC)c3)c3cc(C)ccc3-c3ccc(C)cc32)c1. The van der Waals surface area contributed by atoms with Crippen molar-refractivity contribution in [1.82, 2.24) is 0 Å². The van der Waals surface area contributed by atoms with Gasteiger partial charge in [0.05, 0.1) is 5.41 Å². The molecule has 4 aromatic rings. The number of hydrogen-bond donors (Lipinski definition) is 0. The molecule has 37 heavy (non-hydrogen) atoms. The number of rotatable bonds is 10. The third-order valence-electron chi connectivity index (χ3n) is 8.31. The minimum absolute atomic E-state index is 0.301. The average Bonchev–Trinajstić information content (AvgIpc) is 3.18. The van der Waals surface area contributed by atoms with E-state index < -0.39 is 0 Å². The third-order valence-corrected chi connectivity index (χ3v) is 8.31. The van der Waals surface area contributed by atoms with Gasteiger partial charge >= 0.3 is 0 Å². The first kappa shape index (κ1) is 25.5. The Hall–Kier alpha value is -3.12. The van der Waals surface area contributed by atoms with E-state index in [0.29, 0.717) is 0 Å². The van der Waals surface area contributed by atoms with Crippen molar-refractivity contribution < 1.29 is 0 Å². The van der Waals surface area contributed by atoms with Crippen LogP contribution in [-0.2, 0) is 18.3 Å². The first-order chi connectivity index (χ1) is 18.1. The van der Waals surface area contributed by atoms with Crippen LogP contribution in [0.25, 0.3) is 11.1 Å². The topological polar surface area (TPSA) is 0 Å². The Morgan fingerprint density at radius 2 is 0.973 bits per heavy atom. The van der Waals surface area contributed by atoms with Gasteiger partial charge in [0.2, 0.25) is 0 Å². The van der Waals surface area contributed by atoms with Crippen LogP contribution in [0.5, 0.6) is 0 Å². The predicted molar refractivity (Wildman–Crippen MR) is 160 cm³/mol. The molecule has 4 aromatic carbocycles. The Labute approximate surface area is 224 Å². The number of benzene rings is 4. The zero-order valence-corrected chi connectivity index (χ0v) is 23.2. The van der Waals surface area contributed by atoms with Crippen LogP contribution in [-0.4, -0.2) is 0 Å². The van der Waals surface area contributed by atoms with Gasteiger partial charge in [-0.15, -0.1) is 0 Å². The average molecular weight is 487 g/mol. The molecule has 0 aliphatic heterocycles. The zero-order valence-electron chi connectivity index (χ0n) is 23.2. The molecule has 0 saturated heterocycles. The number of aryl methyl sites for hydroxylation is 4. The molecule has 0 amide bonds. The summed E-state index contributed by atoms with van der Waals surface area (Å²) in [5.41, 5.74) is 13.7. The van der Waals surface area contributed by atoms with E-state index in [1.165, 1.54) is 94.2 Å². The second kappa shape index (κ2) is 11.1. The lowest BCUT2D eigenvalue weighted by atomic mass is 9.66. The van der Waals surface area contributed by atoms with Crippen LogP contribution in [0.3, 0.4) is 0 Å². The van der Waals surface area contributed by atoms with Gasteiger partial charge in [-0.3, -0.25) is 0 Å². The molecule has 0 heterocycles. The minimum atomic E-state index is -0.301. The summed E-state index contributed by atoms with van der Waals surface area (Å²) in [5, 5.41) is 0. The van der Waals surface area contributed by atoms with Crippen LogP contribution in [0.4, 0.5) is 0 Å². The molecular weight excluding hydrogens is 444 g/mol. The predicted octanol–water partition coefficient (Wildman–Crippen LogP) is 10.1. The van der Waals surface area contributed by atoms with Crippen molar-refractivity contribution in [2.75, 3.05) is 0 Å². The maximum absolute atomic E-state index is 2.52. The smallest absolute Gasteiger partial charge is 0.0654 e. The Bertz CT molecular complexity index is 1270. The minimum Gasteiger partial charge on any atom is -0.0654 e. The Balaban J connectivity index is 1.78. The standard InChI is InChI=1S/C37H42/c1-5-7-9-13-29-15-11-17-31(25-29)37(32-18-12-16-30(26-32)14-10-8-6-2)35-23-27(3)19-21-33(35)34-22-20-28(4)24-36(34)37/h11-12,15-26H,5-10,13-14H2,1-4H3. The van der Waals surface area contributed by atoms with Crippen LogP contribution in [0, 0.1) is 13.8 Å². The van der Waals surface area contributed by atoms with E-state index in [9.17, 15) is 0 Å². The largest absolute Gasteiger partial charge is 0.0713 e. The molecule has 0 unspecified atom stereocenters. The first-order valence-electron chi connectivity index (χ1n) is 14.5. The van der Waals surface area contributed by atoms with Gasteiger partial charge in [0.15, 0.2) is 0 Å². The molecule has 1 aliphatic carbocycles. The maximum Gasteiger partial charge on any atom is 0.0713 e. The van der Waals surface area contributed by atoms with E-state index in [-0.39, 0.29) is 5.41 Å². The van der Waals surface area contributed by atoms with Gasteiger partial charge in [-0.05, 0) is 84.0 Å². The molecule has 1 aliphatic rings. The van der Waals surface area contributed by atoms with E-state index in [2.05, 4.69) is 113 Å². The molecule has 0 radical (unpaired) electrons. The van der Waals surface area contributed by atoms with Crippen molar-refractivity contribution in [3.63, 3.8) is 0 Å². The molecule has 190 valence electrons. The second-order valence-corrected chi connectivity index (χ2v) is 11.2. The molecule has 0 N–H and O–H groups in total. The lowest BCUT2D eigenvalue weighted by Crippen LogP contribution is -2.29. The first-order valence-corrected chi connectivity index (χ1v) is 14.5. The van der Waals surface area contributed by atoms with Gasteiger partial charge in [-0.25, -0.2) is 0 Å². The van der Waals surface area contributed by atoms with Crippen molar-refractivity contribution in [3.8, 4) is 11.1 Å². The summed E-state index contributed by atoms with van der Waals surface area (Å²) in [7, 11) is 0. The Morgan fingerprint density at radius 3 is 1.41 bits per heavy atom. The number of hydrogen-bond acceptors (Lipinski definition) is 0. The highest BCUT2D eigenvalue weighted by molar-refractivity contribution is 5.86. The quantitative estimate of drug-likeness (QED) is 0.172. The molecule has 0 heteroatoms. The van der Waals surface area contributed by atoms with Gasteiger partial charge in [0.25, 0.3) is 0 Å². The second-order valence-electron chi connectivity index (χ2n) is 11.2. The summed E-state index contributed by atoms with van der Waals surface area (Å²) in [6, 6.07) is 33.2. The monoisotopic (exact) mass is 486 g/mol. The zero-order chi connectivity index (χ0) is 25.8. The molecule has 0 atom stereocenters. The van der Waals surface area contributed by atoms with Crippen LogP contribution in [0.2, 0.25) is 0 Å². The van der Waals surface area contributed by atoms with Gasteiger partial charge in [0, 0.05) is 0 Å². The number of fused-ring (bicyclic) bond motifs is 3. The highest BCUT2D eigenvalue weighted by Crippen LogP contribution is 2.56. The van der Waals surface area contributed by atoms with Crippen LogP contribution >= 0.6 is 0 Å². The molecule has 0 saturated carbocycles. The highest BCUT2D eigenvalue weighted by atomic mass is 14.5. The van der Waals surface area contributed by atoms with Crippen LogP contribution in [0.1, 0.15) is 96.9 Å². The molecular formula is C37H42. The van der Waals surface area contributed by atoms with E-state index in [1.807, 2.05) is 0 Å². The van der Waals surface area contributed by atoms with E-state index in [1.54, 1.807) is 0 Å². The number of unbranched alkanes of at least 4 members (excludes halogenated alkanes) is 4. The van der Waals surface area contributed by atoms with Crippen LogP contribution in [0.15, 0.2) is 84.9 Å². The summed E-state index contributed by atoms with van der Waals surface area (Å²) >= 11 is 0. The fourth-order valence-corrected chi connectivity index (χ4v) is 6.42. The molecule has 0 bridgehead atoms. The van der Waals surface area contributed by atoms with Gasteiger partial charge in [0.1, 0.15) is 0 Å². The van der Waals surface area contributed by atoms with Crippen LogP contribution < -0.4 is 0 Å². The van der Waals surface area contributed by atoms with E-state index >= 15 is 0 Å². The van der Waals surface area contributed by atoms with E-state index in [4.69, 9.17) is 0 Å². The molecule has 0 spiro atoms. The fourth-order valence-electron chi connectivity index (χ4n) is 6.42. The summed E-state index contributed by atoms with van der Waals surface area (Å²) in [4.78, 5) is 0. The van der Waals surface area contributed by atoms with Crippen molar-refractivity contribution >= 4 is 0 Å². The third kappa shape index (κ3) is 4.79. The lowest BCUT2D eigenvalue weighted by Gasteiger charge is -2.35. The van der Waals surface area contributed by atoms with Gasteiger partial charge in [-0.1, -0.05) is 136 Å². The lowest BCUT2D eigenvalue weighted by molar-refractivity contribution is 0.709. The van der Waals surface area contributed by atoms with Gasteiger partial charge < -0.3 is 0 Å². The molecule has 0 fully saturated rings. The van der Waals surface area contributed by atoms with Crippen molar-refractivity contribution in [3.05, 3.63) is 129 Å². The normalized spacial score (nSPS) is 13.4. The maximum atomic E-state index is 2.52.